The molecule has 1 saturated carbocycles. The van der Waals surface area contributed by atoms with Gasteiger partial charge in [0.15, 0.2) is 0 Å². The van der Waals surface area contributed by atoms with Crippen molar-refractivity contribution < 1.29 is 4.79 Å². The van der Waals surface area contributed by atoms with Crippen molar-refractivity contribution in [2.45, 2.75) is 51.4 Å². The lowest BCUT2D eigenvalue weighted by Gasteiger charge is -2.20. The molecule has 3 nitrogen and oxygen atoms in total. The standard InChI is InChI=1S/C17H26N2O/c18-11-5-9-14-8-4-10-16(12-14)19-17(20)13-15-6-2-1-3-7-15/h4,8,10,12,15H,1-3,5-7,9,11,13,18H2,(H,19,20). The van der Waals surface area contributed by atoms with E-state index in [1.54, 1.807) is 0 Å². The highest BCUT2D eigenvalue weighted by Gasteiger charge is 2.16. The van der Waals surface area contributed by atoms with Gasteiger partial charge in [-0.05, 0) is 55.8 Å². The summed E-state index contributed by atoms with van der Waals surface area (Å²) in [6, 6.07) is 8.12. The van der Waals surface area contributed by atoms with Crippen LogP contribution in [-0.4, -0.2) is 12.5 Å². The zero-order valence-corrected chi connectivity index (χ0v) is 12.2. The van der Waals surface area contributed by atoms with Crippen molar-refractivity contribution in [2.75, 3.05) is 11.9 Å². The number of anilines is 1. The van der Waals surface area contributed by atoms with Gasteiger partial charge in [0.05, 0.1) is 0 Å². The normalized spacial score (nSPS) is 16.1. The number of hydrogen-bond donors (Lipinski definition) is 2. The first-order valence-electron chi connectivity index (χ1n) is 7.87. The van der Waals surface area contributed by atoms with E-state index in [1.165, 1.54) is 37.7 Å². The largest absolute Gasteiger partial charge is 0.330 e. The predicted molar refractivity (Wildman–Crippen MR) is 83.6 cm³/mol. The van der Waals surface area contributed by atoms with Crippen LogP contribution in [0.3, 0.4) is 0 Å². The first-order chi connectivity index (χ1) is 9.78. The van der Waals surface area contributed by atoms with Crippen molar-refractivity contribution in [3.05, 3.63) is 29.8 Å². The molecule has 0 bridgehead atoms. The SMILES string of the molecule is NCCCc1cccc(NC(=O)CC2CCCCC2)c1. The second-order valence-electron chi connectivity index (χ2n) is 5.85. The molecule has 1 aromatic rings. The number of carbonyl (C=O) groups excluding carboxylic acids is 1. The molecule has 0 aromatic heterocycles. The third kappa shape index (κ3) is 4.97. The van der Waals surface area contributed by atoms with E-state index in [0.717, 1.165) is 18.5 Å². The van der Waals surface area contributed by atoms with Crippen LogP contribution in [0.2, 0.25) is 0 Å². The molecule has 0 saturated heterocycles. The molecule has 1 fully saturated rings. The van der Waals surface area contributed by atoms with E-state index in [1.807, 2.05) is 12.1 Å². The van der Waals surface area contributed by atoms with Gasteiger partial charge in [0, 0.05) is 12.1 Å². The molecule has 1 aromatic carbocycles. The fourth-order valence-corrected chi connectivity index (χ4v) is 2.98. The monoisotopic (exact) mass is 274 g/mol. The predicted octanol–water partition coefficient (Wildman–Crippen LogP) is 3.49. The van der Waals surface area contributed by atoms with Crippen LogP contribution >= 0.6 is 0 Å². The minimum atomic E-state index is 0.160. The minimum absolute atomic E-state index is 0.160. The van der Waals surface area contributed by atoms with Gasteiger partial charge in [0.25, 0.3) is 0 Å². The number of carbonyl (C=O) groups is 1. The van der Waals surface area contributed by atoms with Crippen molar-refractivity contribution >= 4 is 11.6 Å². The van der Waals surface area contributed by atoms with E-state index < -0.39 is 0 Å². The maximum Gasteiger partial charge on any atom is 0.224 e. The number of nitrogens with two attached hydrogens (primary N) is 1. The Bertz CT molecular complexity index is 425. The van der Waals surface area contributed by atoms with Gasteiger partial charge in [0.2, 0.25) is 5.91 Å². The zero-order valence-electron chi connectivity index (χ0n) is 12.2. The molecule has 20 heavy (non-hydrogen) atoms. The summed E-state index contributed by atoms with van der Waals surface area (Å²) in [6.45, 7) is 0.707. The van der Waals surface area contributed by atoms with Crippen molar-refractivity contribution in [1.29, 1.82) is 0 Å². The Kier molecular flexibility index (Phi) is 6.06. The number of hydrogen-bond acceptors (Lipinski definition) is 2. The number of benzene rings is 1. The maximum atomic E-state index is 12.1. The molecule has 1 aliphatic rings. The van der Waals surface area contributed by atoms with Gasteiger partial charge < -0.3 is 11.1 Å². The van der Waals surface area contributed by atoms with Crippen molar-refractivity contribution in [3.8, 4) is 0 Å². The maximum absolute atomic E-state index is 12.1. The molecule has 1 aliphatic carbocycles. The molecular weight excluding hydrogens is 248 g/mol. The Hall–Kier alpha value is -1.35. The molecule has 0 unspecified atom stereocenters. The van der Waals surface area contributed by atoms with E-state index >= 15 is 0 Å². The van der Waals surface area contributed by atoms with Crippen LogP contribution in [0.15, 0.2) is 24.3 Å². The fourth-order valence-electron chi connectivity index (χ4n) is 2.98. The zero-order chi connectivity index (χ0) is 14.2. The van der Waals surface area contributed by atoms with Gasteiger partial charge in [-0.15, -0.1) is 0 Å². The molecule has 0 spiro atoms. The fraction of sp³-hybridized carbons (Fsp3) is 0.588. The molecule has 0 aliphatic heterocycles. The smallest absolute Gasteiger partial charge is 0.224 e. The minimum Gasteiger partial charge on any atom is -0.330 e. The lowest BCUT2D eigenvalue weighted by Crippen LogP contribution is -2.18. The number of rotatable bonds is 6. The molecule has 0 atom stereocenters. The summed E-state index contributed by atoms with van der Waals surface area (Å²) >= 11 is 0. The second kappa shape index (κ2) is 8.05. The van der Waals surface area contributed by atoms with Crippen LogP contribution < -0.4 is 11.1 Å². The van der Waals surface area contributed by atoms with Crippen molar-refractivity contribution in [2.24, 2.45) is 11.7 Å². The topological polar surface area (TPSA) is 55.1 Å². The summed E-state index contributed by atoms with van der Waals surface area (Å²) in [5, 5.41) is 3.04. The Labute approximate surface area is 121 Å². The molecule has 3 N–H and O–H groups in total. The van der Waals surface area contributed by atoms with Crippen molar-refractivity contribution in [1.82, 2.24) is 0 Å². The van der Waals surface area contributed by atoms with Gasteiger partial charge in [-0.25, -0.2) is 0 Å². The van der Waals surface area contributed by atoms with Crippen LogP contribution in [0.1, 0.15) is 50.5 Å². The van der Waals surface area contributed by atoms with Crippen LogP contribution in [0.25, 0.3) is 0 Å². The Balaban J connectivity index is 1.83. The van der Waals surface area contributed by atoms with Crippen LogP contribution in [0.4, 0.5) is 5.69 Å². The van der Waals surface area contributed by atoms with E-state index in [-0.39, 0.29) is 5.91 Å². The van der Waals surface area contributed by atoms with Gasteiger partial charge in [0.1, 0.15) is 0 Å². The average molecular weight is 274 g/mol. The van der Waals surface area contributed by atoms with Crippen LogP contribution in [0, 0.1) is 5.92 Å². The Morgan fingerprint density at radius 3 is 2.80 bits per heavy atom. The summed E-state index contributed by atoms with van der Waals surface area (Å²) in [5.41, 5.74) is 7.69. The van der Waals surface area contributed by atoms with Crippen LogP contribution in [-0.2, 0) is 11.2 Å². The molecule has 2 rings (SSSR count). The third-order valence-corrected chi connectivity index (χ3v) is 4.08. The van der Waals surface area contributed by atoms with Gasteiger partial charge in [-0.3, -0.25) is 4.79 Å². The van der Waals surface area contributed by atoms with E-state index in [9.17, 15) is 4.79 Å². The molecule has 0 radical (unpaired) electrons. The number of amides is 1. The molecule has 0 heterocycles. The van der Waals surface area contributed by atoms with Gasteiger partial charge >= 0.3 is 0 Å². The van der Waals surface area contributed by atoms with E-state index in [2.05, 4.69) is 17.4 Å². The quantitative estimate of drug-likeness (QED) is 0.834. The lowest BCUT2D eigenvalue weighted by atomic mass is 9.87. The summed E-state index contributed by atoms with van der Waals surface area (Å²) in [4.78, 5) is 12.1. The molecule has 3 heteroatoms. The van der Waals surface area contributed by atoms with E-state index in [4.69, 9.17) is 5.73 Å². The molecule has 110 valence electrons. The van der Waals surface area contributed by atoms with Crippen LogP contribution in [0.5, 0.6) is 0 Å². The summed E-state index contributed by atoms with van der Waals surface area (Å²) < 4.78 is 0. The molecule has 1 amide bonds. The number of aryl methyl sites for hydroxylation is 1. The Morgan fingerprint density at radius 2 is 2.05 bits per heavy atom. The molecular formula is C17H26N2O. The van der Waals surface area contributed by atoms with Crippen molar-refractivity contribution in [3.63, 3.8) is 0 Å². The van der Waals surface area contributed by atoms with E-state index in [0.29, 0.717) is 18.9 Å². The highest BCUT2D eigenvalue weighted by atomic mass is 16.1. The number of nitrogens with one attached hydrogen (secondary N) is 1. The van der Waals surface area contributed by atoms with Gasteiger partial charge in [-0.2, -0.15) is 0 Å². The first kappa shape index (κ1) is 15.0. The second-order valence-corrected chi connectivity index (χ2v) is 5.85. The summed E-state index contributed by atoms with van der Waals surface area (Å²) in [6.07, 6.45) is 8.96. The lowest BCUT2D eigenvalue weighted by molar-refractivity contribution is -0.117. The first-order valence-corrected chi connectivity index (χ1v) is 7.87. The average Bonchev–Trinajstić information content (AvgIpc) is 2.46. The Morgan fingerprint density at radius 1 is 1.25 bits per heavy atom. The third-order valence-electron chi connectivity index (χ3n) is 4.08. The summed E-state index contributed by atoms with van der Waals surface area (Å²) in [7, 11) is 0. The highest BCUT2D eigenvalue weighted by molar-refractivity contribution is 5.90. The highest BCUT2D eigenvalue weighted by Crippen LogP contribution is 2.26. The van der Waals surface area contributed by atoms with Gasteiger partial charge in [-0.1, -0.05) is 31.4 Å². The summed E-state index contributed by atoms with van der Waals surface area (Å²) in [5.74, 6) is 0.747.